The van der Waals surface area contributed by atoms with Crippen molar-refractivity contribution in [3.05, 3.63) is 35.6 Å². The first-order valence-corrected chi connectivity index (χ1v) is 7.53. The van der Waals surface area contributed by atoms with Crippen LogP contribution in [-0.4, -0.2) is 38.2 Å². The fraction of sp³-hybridized carbons (Fsp3) is 0.625. The van der Waals surface area contributed by atoms with Crippen LogP contribution < -0.4 is 5.32 Å². The van der Waals surface area contributed by atoms with E-state index in [0.29, 0.717) is 25.2 Å². The summed E-state index contributed by atoms with van der Waals surface area (Å²) in [5.74, 6) is -0.717. The summed E-state index contributed by atoms with van der Waals surface area (Å²) in [6, 6.07) is 6.97. The van der Waals surface area contributed by atoms with Crippen molar-refractivity contribution in [2.75, 3.05) is 20.3 Å². The Morgan fingerprint density at radius 1 is 1.33 bits per heavy atom. The van der Waals surface area contributed by atoms with Crippen LogP contribution in [0.4, 0.5) is 4.39 Å². The van der Waals surface area contributed by atoms with Gasteiger partial charge in [0.2, 0.25) is 0 Å². The van der Waals surface area contributed by atoms with Crippen LogP contribution in [0.1, 0.15) is 24.8 Å². The van der Waals surface area contributed by atoms with Crippen LogP contribution in [0.2, 0.25) is 0 Å². The molecule has 1 heterocycles. The minimum atomic E-state index is -0.493. The molecule has 5 heteroatoms. The second kappa shape index (κ2) is 6.40. The highest BCUT2D eigenvalue weighted by Gasteiger charge is 2.45. The number of benzene rings is 1. The number of halogens is 1. The molecule has 2 aliphatic rings. The molecule has 2 unspecified atom stereocenters. The zero-order valence-corrected chi connectivity index (χ0v) is 12.3. The first-order valence-electron chi connectivity index (χ1n) is 7.53. The first kappa shape index (κ1) is 14.9. The monoisotopic (exact) mass is 295 g/mol. The number of ether oxygens (including phenoxy) is 3. The summed E-state index contributed by atoms with van der Waals surface area (Å²) in [6.45, 7) is 1.56. The molecule has 1 N–H and O–H groups in total. The van der Waals surface area contributed by atoms with Gasteiger partial charge in [-0.05, 0) is 19.5 Å². The molecular weight excluding hydrogens is 273 g/mol. The molecule has 1 spiro atoms. The highest BCUT2D eigenvalue weighted by atomic mass is 19.1. The lowest BCUT2D eigenvalue weighted by Gasteiger charge is -2.40. The van der Waals surface area contributed by atoms with Crippen LogP contribution in [0.25, 0.3) is 0 Å². The van der Waals surface area contributed by atoms with E-state index < -0.39 is 5.79 Å². The fourth-order valence-corrected chi connectivity index (χ4v) is 3.19. The maximum absolute atomic E-state index is 13.7. The predicted octanol–water partition coefficient (Wildman–Crippen LogP) is 2.23. The van der Waals surface area contributed by atoms with Crippen molar-refractivity contribution in [3.8, 4) is 0 Å². The summed E-state index contributed by atoms with van der Waals surface area (Å²) in [7, 11) is 1.93. The summed E-state index contributed by atoms with van der Waals surface area (Å²) in [5.41, 5.74) is 0.584. The lowest BCUT2D eigenvalue weighted by molar-refractivity contribution is -0.208. The van der Waals surface area contributed by atoms with Gasteiger partial charge in [-0.15, -0.1) is 0 Å². The van der Waals surface area contributed by atoms with E-state index in [9.17, 15) is 4.39 Å². The molecule has 116 valence electrons. The standard InChI is InChI=1S/C16H22FNO3/c1-18-14-6-7-16(20-8-9-21-16)10-15(14)19-11-12-4-2-3-5-13(12)17/h2-5,14-15,18H,6-11H2,1H3. The van der Waals surface area contributed by atoms with E-state index in [1.54, 1.807) is 12.1 Å². The molecule has 1 aliphatic carbocycles. The number of rotatable bonds is 4. The Labute approximate surface area is 124 Å². The molecule has 0 aromatic heterocycles. The SMILES string of the molecule is CNC1CCC2(CC1OCc1ccccc1F)OCCO2. The molecule has 1 saturated heterocycles. The number of nitrogens with one attached hydrogen (secondary N) is 1. The normalized spacial score (nSPS) is 28.1. The van der Waals surface area contributed by atoms with Crippen molar-refractivity contribution in [1.29, 1.82) is 0 Å². The van der Waals surface area contributed by atoms with Gasteiger partial charge in [0.25, 0.3) is 0 Å². The van der Waals surface area contributed by atoms with E-state index in [2.05, 4.69) is 5.32 Å². The first-order chi connectivity index (χ1) is 10.2. The molecular formula is C16H22FNO3. The predicted molar refractivity (Wildman–Crippen MR) is 76.3 cm³/mol. The highest BCUT2D eigenvalue weighted by Crippen LogP contribution is 2.37. The Bertz CT molecular complexity index is 476. The molecule has 0 bridgehead atoms. The zero-order chi connectivity index (χ0) is 14.7. The third-order valence-corrected chi connectivity index (χ3v) is 4.39. The van der Waals surface area contributed by atoms with Gasteiger partial charge in [0.15, 0.2) is 5.79 Å². The van der Waals surface area contributed by atoms with Crippen LogP contribution in [0.3, 0.4) is 0 Å². The molecule has 0 radical (unpaired) electrons. The van der Waals surface area contributed by atoms with Gasteiger partial charge in [-0.25, -0.2) is 4.39 Å². The Morgan fingerprint density at radius 3 is 2.81 bits per heavy atom. The maximum Gasteiger partial charge on any atom is 0.171 e. The summed E-state index contributed by atoms with van der Waals surface area (Å²) in [4.78, 5) is 0. The molecule has 2 atom stereocenters. The van der Waals surface area contributed by atoms with Gasteiger partial charge in [-0.1, -0.05) is 18.2 Å². The minimum Gasteiger partial charge on any atom is -0.372 e. The Balaban J connectivity index is 1.65. The molecule has 1 aromatic rings. The second-order valence-corrected chi connectivity index (χ2v) is 5.69. The van der Waals surface area contributed by atoms with Crippen molar-refractivity contribution in [3.63, 3.8) is 0 Å². The van der Waals surface area contributed by atoms with E-state index in [4.69, 9.17) is 14.2 Å². The minimum absolute atomic E-state index is 0.0403. The van der Waals surface area contributed by atoms with Crippen LogP contribution in [0.5, 0.6) is 0 Å². The highest BCUT2D eigenvalue weighted by molar-refractivity contribution is 5.16. The fourth-order valence-electron chi connectivity index (χ4n) is 3.19. The van der Waals surface area contributed by atoms with E-state index in [1.807, 2.05) is 13.1 Å². The molecule has 21 heavy (non-hydrogen) atoms. The number of likely N-dealkylation sites (N-methyl/N-ethyl adjacent to an activating group) is 1. The molecule has 1 aromatic carbocycles. The van der Waals surface area contributed by atoms with Gasteiger partial charge in [-0.3, -0.25) is 0 Å². The largest absolute Gasteiger partial charge is 0.372 e. The van der Waals surface area contributed by atoms with E-state index in [1.165, 1.54) is 6.07 Å². The Kier molecular flexibility index (Phi) is 4.54. The second-order valence-electron chi connectivity index (χ2n) is 5.69. The van der Waals surface area contributed by atoms with Gasteiger partial charge in [0, 0.05) is 24.4 Å². The van der Waals surface area contributed by atoms with Crippen molar-refractivity contribution in [1.82, 2.24) is 5.32 Å². The van der Waals surface area contributed by atoms with Gasteiger partial charge >= 0.3 is 0 Å². The van der Waals surface area contributed by atoms with E-state index in [0.717, 1.165) is 12.8 Å². The van der Waals surface area contributed by atoms with Crippen molar-refractivity contribution >= 4 is 0 Å². The molecule has 0 amide bonds. The lowest BCUT2D eigenvalue weighted by atomic mass is 9.87. The van der Waals surface area contributed by atoms with Crippen LogP contribution in [-0.2, 0) is 20.8 Å². The molecule has 1 saturated carbocycles. The van der Waals surface area contributed by atoms with Gasteiger partial charge in [0.1, 0.15) is 5.82 Å². The van der Waals surface area contributed by atoms with Crippen LogP contribution in [0, 0.1) is 5.82 Å². The average Bonchev–Trinajstić information content (AvgIpc) is 2.95. The van der Waals surface area contributed by atoms with Gasteiger partial charge in [-0.2, -0.15) is 0 Å². The third kappa shape index (κ3) is 3.26. The Morgan fingerprint density at radius 2 is 2.10 bits per heavy atom. The van der Waals surface area contributed by atoms with Crippen LogP contribution in [0.15, 0.2) is 24.3 Å². The van der Waals surface area contributed by atoms with Crippen molar-refractivity contribution in [2.24, 2.45) is 0 Å². The number of hydrogen-bond donors (Lipinski definition) is 1. The van der Waals surface area contributed by atoms with Crippen molar-refractivity contribution < 1.29 is 18.6 Å². The number of hydrogen-bond acceptors (Lipinski definition) is 4. The topological polar surface area (TPSA) is 39.7 Å². The van der Waals surface area contributed by atoms with Crippen LogP contribution >= 0.6 is 0 Å². The third-order valence-electron chi connectivity index (χ3n) is 4.39. The lowest BCUT2D eigenvalue weighted by Crippen LogP contribution is -2.51. The van der Waals surface area contributed by atoms with Gasteiger partial charge < -0.3 is 19.5 Å². The van der Waals surface area contributed by atoms with Crippen molar-refractivity contribution in [2.45, 2.75) is 43.8 Å². The van der Waals surface area contributed by atoms with Gasteiger partial charge in [0.05, 0.1) is 25.9 Å². The summed E-state index contributed by atoms with van der Waals surface area (Å²) in [6.07, 6.45) is 2.45. The summed E-state index contributed by atoms with van der Waals surface area (Å²) < 4.78 is 31.2. The molecule has 3 rings (SSSR count). The summed E-state index contributed by atoms with van der Waals surface area (Å²) >= 11 is 0. The molecule has 2 fully saturated rings. The quantitative estimate of drug-likeness (QED) is 0.924. The molecule has 4 nitrogen and oxygen atoms in total. The average molecular weight is 295 g/mol. The zero-order valence-electron chi connectivity index (χ0n) is 12.3. The van der Waals surface area contributed by atoms with E-state index >= 15 is 0 Å². The molecule has 1 aliphatic heterocycles. The maximum atomic E-state index is 13.7. The summed E-state index contributed by atoms with van der Waals surface area (Å²) in [5, 5.41) is 3.28. The Hall–Kier alpha value is -1.01. The van der Waals surface area contributed by atoms with E-state index in [-0.39, 0.29) is 24.6 Å². The smallest absolute Gasteiger partial charge is 0.171 e.